The third-order valence-electron chi connectivity index (χ3n) is 4.25. The van der Waals surface area contributed by atoms with Gasteiger partial charge in [0.2, 0.25) is 0 Å². The normalized spacial score (nSPS) is 15.9. The Morgan fingerprint density at radius 1 is 1.21 bits per heavy atom. The Morgan fingerprint density at radius 3 is 2.64 bits per heavy atom. The molecule has 0 aromatic carbocycles. The van der Waals surface area contributed by atoms with Crippen molar-refractivity contribution in [2.75, 3.05) is 39.4 Å². The molecule has 0 bridgehead atoms. The molecule has 0 atom stereocenters. The van der Waals surface area contributed by atoms with E-state index in [-0.39, 0.29) is 24.0 Å². The van der Waals surface area contributed by atoms with Crippen molar-refractivity contribution >= 4 is 51.3 Å². The Balaban J connectivity index is 0.00000392. The first kappa shape index (κ1) is 25.6. The van der Waals surface area contributed by atoms with E-state index in [2.05, 4.69) is 15.6 Å². The minimum absolute atomic E-state index is 0. The zero-order chi connectivity index (χ0) is 19.5. The molecule has 0 unspecified atom stereocenters. The van der Waals surface area contributed by atoms with Crippen LogP contribution in [-0.2, 0) is 21.3 Å². The molecule has 162 valence electrons. The predicted molar refractivity (Wildman–Crippen MR) is 126 cm³/mol. The maximum atomic E-state index is 12.7. The molecule has 10 heteroatoms. The first-order chi connectivity index (χ1) is 13.1. The average molecular weight is 545 g/mol. The number of ether oxygens (including phenoxy) is 1. The standard InChI is InChI=1S/C18H32N4O3S2.HI/c1-3-19-18(20-11-8-14-25-4-2)21-15-16-9-10-17(26-16)27(23,24)22-12-6-5-7-13-22;/h9-10H,3-8,11-15H2,1-2H3,(H2,19,20,21);1H. The lowest BCUT2D eigenvalue weighted by Crippen LogP contribution is -2.38. The van der Waals surface area contributed by atoms with E-state index in [1.54, 1.807) is 10.4 Å². The summed E-state index contributed by atoms with van der Waals surface area (Å²) in [6, 6.07) is 3.57. The van der Waals surface area contributed by atoms with Gasteiger partial charge in [0, 0.05) is 44.3 Å². The van der Waals surface area contributed by atoms with E-state index in [1.165, 1.54) is 11.3 Å². The van der Waals surface area contributed by atoms with Crippen LogP contribution in [0.15, 0.2) is 21.3 Å². The van der Waals surface area contributed by atoms with Gasteiger partial charge in [-0.05, 0) is 45.2 Å². The lowest BCUT2D eigenvalue weighted by atomic mass is 10.2. The molecule has 1 aliphatic heterocycles. The van der Waals surface area contributed by atoms with Crippen LogP contribution in [-0.4, -0.2) is 58.1 Å². The number of aliphatic imine (C=N–C) groups is 1. The minimum Gasteiger partial charge on any atom is -0.382 e. The first-order valence-corrected chi connectivity index (χ1v) is 12.0. The van der Waals surface area contributed by atoms with Crippen molar-refractivity contribution in [1.29, 1.82) is 0 Å². The topological polar surface area (TPSA) is 83.0 Å². The molecule has 0 aliphatic carbocycles. The van der Waals surface area contributed by atoms with Crippen LogP contribution in [0.5, 0.6) is 0 Å². The number of piperidine rings is 1. The number of nitrogens with one attached hydrogen (secondary N) is 2. The highest BCUT2D eigenvalue weighted by Gasteiger charge is 2.27. The summed E-state index contributed by atoms with van der Waals surface area (Å²) in [6.45, 7) is 8.74. The molecule has 2 rings (SSSR count). The minimum atomic E-state index is -3.35. The number of nitrogens with zero attached hydrogens (tertiary/aromatic N) is 2. The summed E-state index contributed by atoms with van der Waals surface area (Å²) in [7, 11) is -3.35. The van der Waals surface area contributed by atoms with Gasteiger partial charge in [-0.15, -0.1) is 35.3 Å². The molecule has 2 heterocycles. The van der Waals surface area contributed by atoms with E-state index in [0.29, 0.717) is 23.8 Å². The Morgan fingerprint density at radius 2 is 1.96 bits per heavy atom. The number of hydrogen-bond donors (Lipinski definition) is 2. The van der Waals surface area contributed by atoms with Crippen molar-refractivity contribution in [3.8, 4) is 0 Å². The Bertz CT molecular complexity index is 689. The van der Waals surface area contributed by atoms with E-state index in [0.717, 1.165) is 62.8 Å². The van der Waals surface area contributed by atoms with Crippen molar-refractivity contribution in [1.82, 2.24) is 14.9 Å². The second-order valence-corrected chi connectivity index (χ2v) is 9.69. The summed E-state index contributed by atoms with van der Waals surface area (Å²) in [6.07, 6.45) is 3.92. The van der Waals surface area contributed by atoms with Crippen LogP contribution in [0.3, 0.4) is 0 Å². The Hall–Kier alpha value is -0.430. The molecule has 0 saturated carbocycles. The van der Waals surface area contributed by atoms with Gasteiger partial charge in [0.05, 0.1) is 6.54 Å². The van der Waals surface area contributed by atoms with E-state index >= 15 is 0 Å². The van der Waals surface area contributed by atoms with Gasteiger partial charge in [-0.25, -0.2) is 13.4 Å². The van der Waals surface area contributed by atoms with Gasteiger partial charge in [-0.1, -0.05) is 6.42 Å². The van der Waals surface area contributed by atoms with Crippen molar-refractivity contribution in [3.63, 3.8) is 0 Å². The van der Waals surface area contributed by atoms with Crippen molar-refractivity contribution in [3.05, 3.63) is 17.0 Å². The number of halogens is 1. The molecule has 0 amide bonds. The van der Waals surface area contributed by atoms with Crippen LogP contribution in [0, 0.1) is 0 Å². The van der Waals surface area contributed by atoms with Gasteiger partial charge < -0.3 is 15.4 Å². The molecule has 1 fully saturated rings. The fourth-order valence-corrected chi connectivity index (χ4v) is 5.79. The molecule has 1 aromatic rings. The smallest absolute Gasteiger partial charge is 0.252 e. The molecule has 1 aliphatic rings. The number of rotatable bonds is 10. The van der Waals surface area contributed by atoms with Gasteiger partial charge in [0.1, 0.15) is 4.21 Å². The molecular formula is C18H33IN4O3S2. The van der Waals surface area contributed by atoms with Crippen LogP contribution in [0.2, 0.25) is 0 Å². The SMILES string of the molecule is CCNC(=NCc1ccc(S(=O)(=O)N2CCCCC2)s1)NCCCOCC.I. The van der Waals surface area contributed by atoms with Gasteiger partial charge in [0.15, 0.2) is 5.96 Å². The monoisotopic (exact) mass is 544 g/mol. The van der Waals surface area contributed by atoms with E-state index < -0.39 is 10.0 Å². The van der Waals surface area contributed by atoms with Gasteiger partial charge in [-0.2, -0.15) is 4.31 Å². The van der Waals surface area contributed by atoms with E-state index in [1.807, 2.05) is 19.9 Å². The molecule has 2 N–H and O–H groups in total. The number of hydrogen-bond acceptors (Lipinski definition) is 5. The summed E-state index contributed by atoms with van der Waals surface area (Å²) in [4.78, 5) is 5.51. The highest BCUT2D eigenvalue weighted by molar-refractivity contribution is 14.0. The molecule has 7 nitrogen and oxygen atoms in total. The summed E-state index contributed by atoms with van der Waals surface area (Å²) < 4.78 is 32.8. The summed E-state index contributed by atoms with van der Waals surface area (Å²) in [5.41, 5.74) is 0. The highest BCUT2D eigenvalue weighted by Crippen LogP contribution is 2.27. The molecule has 0 spiro atoms. The van der Waals surface area contributed by atoms with Crippen LogP contribution in [0.25, 0.3) is 0 Å². The first-order valence-electron chi connectivity index (χ1n) is 9.76. The van der Waals surface area contributed by atoms with Crippen molar-refractivity contribution in [2.45, 2.75) is 50.3 Å². The lowest BCUT2D eigenvalue weighted by Gasteiger charge is -2.25. The zero-order valence-electron chi connectivity index (χ0n) is 16.8. The van der Waals surface area contributed by atoms with Gasteiger partial charge in [0.25, 0.3) is 10.0 Å². The Labute approximate surface area is 190 Å². The Kier molecular flexibility index (Phi) is 12.6. The maximum Gasteiger partial charge on any atom is 0.252 e. The fourth-order valence-electron chi connectivity index (χ4n) is 2.84. The van der Waals surface area contributed by atoms with Crippen LogP contribution in [0.1, 0.15) is 44.4 Å². The summed E-state index contributed by atoms with van der Waals surface area (Å²) in [5, 5.41) is 6.48. The van der Waals surface area contributed by atoms with Crippen LogP contribution < -0.4 is 10.6 Å². The maximum absolute atomic E-state index is 12.7. The van der Waals surface area contributed by atoms with Gasteiger partial charge >= 0.3 is 0 Å². The number of guanidine groups is 1. The fraction of sp³-hybridized carbons (Fsp3) is 0.722. The van der Waals surface area contributed by atoms with E-state index in [9.17, 15) is 8.42 Å². The van der Waals surface area contributed by atoms with Gasteiger partial charge in [-0.3, -0.25) is 0 Å². The second kappa shape index (κ2) is 13.7. The predicted octanol–water partition coefficient (Wildman–Crippen LogP) is 3.02. The highest BCUT2D eigenvalue weighted by atomic mass is 127. The van der Waals surface area contributed by atoms with E-state index in [4.69, 9.17) is 4.74 Å². The average Bonchev–Trinajstić information content (AvgIpc) is 3.16. The molecule has 0 radical (unpaired) electrons. The van der Waals surface area contributed by atoms with Crippen LogP contribution >= 0.6 is 35.3 Å². The quantitative estimate of drug-likeness (QED) is 0.205. The molecule has 1 saturated heterocycles. The van der Waals surface area contributed by atoms with Crippen molar-refractivity contribution in [2.24, 2.45) is 4.99 Å². The third-order valence-corrected chi connectivity index (χ3v) is 7.68. The lowest BCUT2D eigenvalue weighted by molar-refractivity contribution is 0.145. The molecule has 1 aromatic heterocycles. The largest absolute Gasteiger partial charge is 0.382 e. The number of sulfonamides is 1. The zero-order valence-corrected chi connectivity index (χ0v) is 20.7. The summed E-state index contributed by atoms with van der Waals surface area (Å²) >= 11 is 1.32. The molecular weight excluding hydrogens is 511 g/mol. The number of thiophene rings is 1. The van der Waals surface area contributed by atoms with Crippen molar-refractivity contribution < 1.29 is 13.2 Å². The third kappa shape index (κ3) is 8.13. The second-order valence-electron chi connectivity index (χ2n) is 6.36. The van der Waals surface area contributed by atoms with Crippen LogP contribution in [0.4, 0.5) is 0 Å². The summed E-state index contributed by atoms with van der Waals surface area (Å²) in [5.74, 6) is 0.739. The molecule has 28 heavy (non-hydrogen) atoms.